The molecule has 1 amide bonds. The van der Waals surface area contributed by atoms with Crippen LogP contribution in [0.4, 0.5) is 0 Å². The van der Waals surface area contributed by atoms with Gasteiger partial charge in [0.15, 0.2) is 5.96 Å². The van der Waals surface area contributed by atoms with Gasteiger partial charge in [0.25, 0.3) is 0 Å². The zero-order valence-electron chi connectivity index (χ0n) is 4.88. The van der Waals surface area contributed by atoms with Gasteiger partial charge in [-0.15, -0.1) is 0 Å². The molecule has 1 fully saturated rings. The van der Waals surface area contributed by atoms with Crippen molar-refractivity contribution in [3.63, 3.8) is 0 Å². The number of hydrogen-bond acceptors (Lipinski definition) is 2. The molecule has 5 heteroatoms. The van der Waals surface area contributed by atoms with Crippen LogP contribution in [-0.4, -0.2) is 30.4 Å². The van der Waals surface area contributed by atoms with Crippen LogP contribution in [0.1, 0.15) is 0 Å². The summed E-state index contributed by atoms with van der Waals surface area (Å²) in [5.74, 6) is 0.0903. The predicted octanol–water partition coefficient (Wildman–Crippen LogP) is -1.02. The van der Waals surface area contributed by atoms with Gasteiger partial charge in [-0.3, -0.25) is 15.5 Å². The zero-order valence-corrected chi connectivity index (χ0v) is 5.87. The normalized spacial score (nSPS) is 17.2. The van der Waals surface area contributed by atoms with Gasteiger partial charge in [-0.1, -0.05) is 0 Å². The maximum atomic E-state index is 10.4. The van der Waals surface area contributed by atoms with Crippen molar-refractivity contribution in [1.29, 1.82) is 5.41 Å². The molecule has 9 heavy (non-hydrogen) atoms. The van der Waals surface area contributed by atoms with E-state index in [9.17, 15) is 4.79 Å². The van der Waals surface area contributed by atoms with Gasteiger partial charge in [-0.2, -0.15) is 0 Å². The fraction of sp³-hybridized carbons (Fsp3) is 0.500. The number of rotatable bonds is 0. The summed E-state index contributed by atoms with van der Waals surface area (Å²) in [6, 6.07) is 0. The Morgan fingerprint density at radius 3 is 2.44 bits per heavy atom. The first-order chi connectivity index (χ1) is 3.70. The van der Waals surface area contributed by atoms with Crippen molar-refractivity contribution in [2.45, 2.75) is 0 Å². The van der Waals surface area contributed by atoms with Crippen molar-refractivity contribution in [3.8, 4) is 0 Å². The van der Waals surface area contributed by atoms with Crippen LogP contribution in [0.3, 0.4) is 0 Å². The van der Waals surface area contributed by atoms with E-state index in [0.717, 1.165) is 0 Å². The molecule has 0 spiro atoms. The van der Waals surface area contributed by atoms with E-state index < -0.39 is 0 Å². The van der Waals surface area contributed by atoms with Gasteiger partial charge in [-0.05, 0) is 0 Å². The first-order valence-electron chi connectivity index (χ1n) is 2.29. The van der Waals surface area contributed by atoms with E-state index in [2.05, 4.69) is 5.32 Å². The summed E-state index contributed by atoms with van der Waals surface area (Å²) in [5.41, 5.74) is 0. The predicted molar refractivity (Wildman–Crippen MR) is 28.5 cm³/mol. The molecular weight excluding hydrogens is 165 g/mol. The molecule has 4 nitrogen and oxygen atoms in total. The average Bonchev–Trinajstić information content (AvgIpc) is 1.85. The van der Waals surface area contributed by atoms with Crippen LogP contribution in [0, 0.1) is 5.41 Å². The molecule has 2 N–H and O–H groups in total. The summed E-state index contributed by atoms with van der Waals surface area (Å²) in [4.78, 5) is 11.9. The molecule has 0 radical (unpaired) electrons. The maximum absolute atomic E-state index is 10.4. The maximum Gasteiger partial charge on any atom is 0.246 e. The van der Waals surface area contributed by atoms with Crippen LogP contribution < -0.4 is 5.32 Å². The molecule has 0 atom stereocenters. The Kier molecular flexibility index (Phi) is 2.65. The first-order valence-corrected chi connectivity index (χ1v) is 2.29. The Labute approximate surface area is 63.0 Å². The van der Waals surface area contributed by atoms with E-state index >= 15 is 0 Å². The van der Waals surface area contributed by atoms with Crippen LogP contribution >= 0.6 is 0 Å². The van der Waals surface area contributed by atoms with Crippen molar-refractivity contribution in [2.75, 3.05) is 13.6 Å². The number of likely N-dealkylation sites (N-methyl/N-ethyl adjacent to an activating group) is 1. The Morgan fingerprint density at radius 1 is 1.78 bits per heavy atom. The van der Waals surface area contributed by atoms with Gasteiger partial charge in [-0.25, -0.2) is 0 Å². The van der Waals surface area contributed by atoms with Crippen molar-refractivity contribution in [3.05, 3.63) is 0 Å². The Morgan fingerprint density at radius 2 is 2.33 bits per heavy atom. The van der Waals surface area contributed by atoms with Crippen LogP contribution in [0.5, 0.6) is 0 Å². The molecule has 0 aromatic heterocycles. The summed E-state index contributed by atoms with van der Waals surface area (Å²) >= 11 is 0. The molecular formula is C4H7N3NiO. The molecule has 1 heterocycles. The molecule has 1 rings (SSSR count). The minimum absolute atomic E-state index is 0. The molecule has 0 aromatic rings. The summed E-state index contributed by atoms with van der Waals surface area (Å²) in [7, 11) is 1.69. The monoisotopic (exact) mass is 171 g/mol. The zero-order chi connectivity index (χ0) is 6.15. The molecule has 1 aliphatic rings. The topological polar surface area (TPSA) is 56.2 Å². The number of hydrogen-bond donors (Lipinski definition) is 2. The Balaban J connectivity index is 0.000000640. The van der Waals surface area contributed by atoms with Crippen molar-refractivity contribution < 1.29 is 21.3 Å². The number of nitrogens with one attached hydrogen (secondary N) is 2. The molecule has 0 unspecified atom stereocenters. The molecule has 1 saturated heterocycles. The van der Waals surface area contributed by atoms with Gasteiger partial charge in [0.2, 0.25) is 5.91 Å². The average molecular weight is 172 g/mol. The van der Waals surface area contributed by atoms with E-state index in [1.54, 1.807) is 11.9 Å². The second kappa shape index (κ2) is 2.83. The molecule has 0 bridgehead atoms. The standard InChI is InChI=1S/C4H7N3O.Ni/c1-7-2-3(8)6-4(7)5;/h2H2,1H3,(H2,5,6,8);. The van der Waals surface area contributed by atoms with Crippen LogP contribution in [-0.2, 0) is 21.3 Å². The quantitative estimate of drug-likeness (QED) is 0.459. The van der Waals surface area contributed by atoms with E-state index in [4.69, 9.17) is 5.41 Å². The third-order valence-corrected chi connectivity index (χ3v) is 1.02. The molecule has 1 aliphatic heterocycles. The molecule has 0 aliphatic carbocycles. The van der Waals surface area contributed by atoms with E-state index in [1.807, 2.05) is 0 Å². The molecule has 54 valence electrons. The van der Waals surface area contributed by atoms with Crippen LogP contribution in [0.25, 0.3) is 0 Å². The Bertz CT molecular complexity index is 147. The SMILES string of the molecule is CN1CC(=O)NC1=N.[Ni]. The summed E-state index contributed by atoms with van der Waals surface area (Å²) < 4.78 is 0. The fourth-order valence-electron chi connectivity index (χ4n) is 0.561. The molecule has 0 aromatic carbocycles. The van der Waals surface area contributed by atoms with E-state index in [1.165, 1.54) is 0 Å². The van der Waals surface area contributed by atoms with Gasteiger partial charge >= 0.3 is 0 Å². The number of carbonyl (C=O) groups is 1. The number of amides is 1. The van der Waals surface area contributed by atoms with Crippen molar-refractivity contribution in [2.24, 2.45) is 0 Å². The summed E-state index contributed by atoms with van der Waals surface area (Å²) in [6.45, 7) is 0.318. The summed E-state index contributed by atoms with van der Waals surface area (Å²) in [6.07, 6.45) is 0. The van der Waals surface area contributed by atoms with Crippen molar-refractivity contribution >= 4 is 11.9 Å². The number of guanidine groups is 1. The van der Waals surface area contributed by atoms with Crippen LogP contribution in [0.2, 0.25) is 0 Å². The molecule has 0 saturated carbocycles. The minimum atomic E-state index is -0.0995. The second-order valence-electron chi connectivity index (χ2n) is 1.75. The second-order valence-corrected chi connectivity index (χ2v) is 1.75. The van der Waals surface area contributed by atoms with E-state index in [-0.39, 0.29) is 28.4 Å². The number of carbonyl (C=O) groups excluding carboxylic acids is 1. The largest absolute Gasteiger partial charge is 0.337 e. The van der Waals surface area contributed by atoms with Gasteiger partial charge < -0.3 is 4.90 Å². The summed E-state index contributed by atoms with van der Waals surface area (Å²) in [5, 5.41) is 9.32. The third-order valence-electron chi connectivity index (χ3n) is 1.02. The number of nitrogens with zero attached hydrogens (tertiary/aromatic N) is 1. The van der Waals surface area contributed by atoms with Gasteiger partial charge in [0.05, 0.1) is 6.54 Å². The van der Waals surface area contributed by atoms with Gasteiger partial charge in [0, 0.05) is 23.5 Å². The third kappa shape index (κ3) is 1.68. The minimum Gasteiger partial charge on any atom is -0.337 e. The fourth-order valence-corrected chi connectivity index (χ4v) is 0.561. The first kappa shape index (κ1) is 8.43. The van der Waals surface area contributed by atoms with E-state index in [0.29, 0.717) is 6.54 Å². The smallest absolute Gasteiger partial charge is 0.246 e. The van der Waals surface area contributed by atoms with Crippen LogP contribution in [0.15, 0.2) is 0 Å². The van der Waals surface area contributed by atoms with Gasteiger partial charge in [0.1, 0.15) is 0 Å². The Hall–Kier alpha value is -0.566. The van der Waals surface area contributed by atoms with Crippen molar-refractivity contribution in [1.82, 2.24) is 10.2 Å².